The van der Waals surface area contributed by atoms with Crippen LogP contribution in [0.25, 0.3) is 0 Å². The molecular formula is C18H24N2O5. The molecule has 7 nitrogen and oxygen atoms in total. The van der Waals surface area contributed by atoms with Gasteiger partial charge in [-0.3, -0.25) is 9.59 Å². The molecule has 0 aliphatic carbocycles. The van der Waals surface area contributed by atoms with Crippen molar-refractivity contribution in [2.45, 2.75) is 39.3 Å². The number of carbonyl (C=O) groups is 3. The minimum atomic E-state index is -1.36. The van der Waals surface area contributed by atoms with E-state index in [1.54, 1.807) is 24.3 Å². The molecule has 0 radical (unpaired) electrons. The largest absolute Gasteiger partial charge is 0.479 e. The van der Waals surface area contributed by atoms with Crippen LogP contribution in [0.3, 0.4) is 0 Å². The lowest BCUT2D eigenvalue weighted by atomic mass is 9.95. The Morgan fingerprint density at radius 2 is 1.84 bits per heavy atom. The average molecular weight is 348 g/mol. The van der Waals surface area contributed by atoms with Crippen LogP contribution in [0, 0.1) is 5.41 Å². The number of amides is 2. The van der Waals surface area contributed by atoms with Gasteiger partial charge in [0.25, 0.3) is 5.91 Å². The number of benzene rings is 1. The number of hydrogen-bond acceptors (Lipinski definition) is 4. The highest BCUT2D eigenvalue weighted by Crippen LogP contribution is 2.20. The molecule has 0 bridgehead atoms. The van der Waals surface area contributed by atoms with Crippen LogP contribution in [-0.2, 0) is 20.9 Å². The van der Waals surface area contributed by atoms with Gasteiger partial charge in [-0.15, -0.1) is 0 Å². The van der Waals surface area contributed by atoms with E-state index in [0.717, 1.165) is 5.56 Å². The van der Waals surface area contributed by atoms with Gasteiger partial charge in [-0.25, -0.2) is 4.79 Å². The molecule has 0 saturated carbocycles. The molecule has 1 unspecified atom stereocenters. The van der Waals surface area contributed by atoms with E-state index in [1.165, 1.54) is 0 Å². The first kappa shape index (κ1) is 18.9. The van der Waals surface area contributed by atoms with Crippen LogP contribution >= 0.6 is 0 Å². The Balaban J connectivity index is 1.98. The number of nitrogens with one attached hydrogen (secondary N) is 2. The fourth-order valence-electron chi connectivity index (χ4n) is 2.40. The van der Waals surface area contributed by atoms with Gasteiger partial charge >= 0.3 is 5.97 Å². The van der Waals surface area contributed by atoms with Gasteiger partial charge in [0.2, 0.25) is 5.91 Å². The maximum atomic E-state index is 12.3. The third-order valence-corrected chi connectivity index (χ3v) is 4.13. The van der Waals surface area contributed by atoms with E-state index in [0.29, 0.717) is 18.7 Å². The fourth-order valence-corrected chi connectivity index (χ4v) is 2.40. The fraction of sp³-hybridized carbons (Fsp3) is 0.500. The van der Waals surface area contributed by atoms with Crippen LogP contribution in [0.4, 0.5) is 0 Å². The second-order valence-electron chi connectivity index (χ2n) is 7.27. The van der Waals surface area contributed by atoms with Crippen molar-refractivity contribution < 1.29 is 24.2 Å². The van der Waals surface area contributed by atoms with Crippen LogP contribution in [0.1, 0.15) is 43.1 Å². The quantitative estimate of drug-likeness (QED) is 0.744. The summed E-state index contributed by atoms with van der Waals surface area (Å²) >= 11 is 0. The Hall–Kier alpha value is -2.41. The molecule has 25 heavy (non-hydrogen) atoms. The van der Waals surface area contributed by atoms with Crippen molar-refractivity contribution in [2.75, 3.05) is 13.2 Å². The highest BCUT2D eigenvalue weighted by atomic mass is 16.5. The molecule has 0 spiro atoms. The van der Waals surface area contributed by atoms with E-state index in [1.807, 2.05) is 20.8 Å². The highest BCUT2D eigenvalue weighted by molar-refractivity contribution is 5.98. The summed E-state index contributed by atoms with van der Waals surface area (Å²) in [7, 11) is 0. The highest BCUT2D eigenvalue weighted by Gasteiger charge is 2.44. The molecule has 1 aromatic carbocycles. The number of aliphatic carboxylic acids is 1. The molecular weight excluding hydrogens is 324 g/mol. The summed E-state index contributed by atoms with van der Waals surface area (Å²) in [5.74, 6) is -1.61. The lowest BCUT2D eigenvalue weighted by molar-refractivity contribution is -0.144. The van der Waals surface area contributed by atoms with Gasteiger partial charge in [0.15, 0.2) is 5.54 Å². The van der Waals surface area contributed by atoms with Crippen molar-refractivity contribution in [3.05, 3.63) is 35.4 Å². The summed E-state index contributed by atoms with van der Waals surface area (Å²) in [6, 6.07) is 6.69. The number of hydrogen-bond donors (Lipinski definition) is 3. The van der Waals surface area contributed by atoms with Crippen LogP contribution in [0.5, 0.6) is 0 Å². The van der Waals surface area contributed by atoms with E-state index in [-0.39, 0.29) is 18.9 Å². The van der Waals surface area contributed by atoms with Crippen molar-refractivity contribution in [1.82, 2.24) is 10.6 Å². The van der Waals surface area contributed by atoms with Crippen molar-refractivity contribution in [3.63, 3.8) is 0 Å². The first-order chi connectivity index (χ1) is 11.6. The van der Waals surface area contributed by atoms with Crippen molar-refractivity contribution >= 4 is 17.8 Å². The average Bonchev–Trinajstić information content (AvgIpc) is 3.02. The van der Waals surface area contributed by atoms with E-state index in [2.05, 4.69) is 10.6 Å². The Morgan fingerprint density at radius 1 is 1.20 bits per heavy atom. The summed E-state index contributed by atoms with van der Waals surface area (Å²) in [4.78, 5) is 35.6. The first-order valence-electron chi connectivity index (χ1n) is 8.15. The monoisotopic (exact) mass is 348 g/mol. The summed E-state index contributed by atoms with van der Waals surface area (Å²) in [5, 5.41) is 14.8. The molecule has 1 fully saturated rings. The molecule has 1 saturated heterocycles. The number of carbonyl (C=O) groups excluding carboxylic acids is 2. The third kappa shape index (κ3) is 4.57. The summed E-state index contributed by atoms with van der Waals surface area (Å²) in [5.41, 5.74) is -0.616. The predicted molar refractivity (Wildman–Crippen MR) is 91.0 cm³/mol. The number of carboxylic acids is 1. The Morgan fingerprint density at radius 3 is 2.32 bits per heavy atom. The second-order valence-corrected chi connectivity index (χ2v) is 7.27. The number of ether oxygens (including phenoxy) is 1. The zero-order valence-electron chi connectivity index (χ0n) is 14.7. The molecule has 1 heterocycles. The second kappa shape index (κ2) is 7.23. The zero-order valence-corrected chi connectivity index (χ0v) is 14.7. The Kier molecular flexibility index (Phi) is 5.47. The van der Waals surface area contributed by atoms with E-state index >= 15 is 0 Å². The topological polar surface area (TPSA) is 105 Å². The smallest absolute Gasteiger partial charge is 0.331 e. The van der Waals surface area contributed by atoms with E-state index in [9.17, 15) is 19.5 Å². The van der Waals surface area contributed by atoms with Gasteiger partial charge in [0.1, 0.15) is 0 Å². The van der Waals surface area contributed by atoms with Gasteiger partial charge in [-0.1, -0.05) is 32.9 Å². The normalized spacial score (nSPS) is 20.1. The maximum Gasteiger partial charge on any atom is 0.331 e. The van der Waals surface area contributed by atoms with Crippen LogP contribution in [0.15, 0.2) is 24.3 Å². The van der Waals surface area contributed by atoms with Gasteiger partial charge in [-0.05, 0) is 17.7 Å². The van der Waals surface area contributed by atoms with Gasteiger partial charge in [0, 0.05) is 30.6 Å². The minimum absolute atomic E-state index is 0.0367. The van der Waals surface area contributed by atoms with Crippen LogP contribution in [0.2, 0.25) is 0 Å². The molecule has 3 N–H and O–H groups in total. The Labute approximate surface area is 146 Å². The number of carboxylic acid groups (broad SMARTS) is 1. The molecule has 7 heteroatoms. The molecule has 1 aliphatic rings. The minimum Gasteiger partial charge on any atom is -0.479 e. The first-order valence-corrected chi connectivity index (χ1v) is 8.15. The Bertz CT molecular complexity index is 655. The van der Waals surface area contributed by atoms with Gasteiger partial charge < -0.3 is 20.5 Å². The van der Waals surface area contributed by atoms with Crippen molar-refractivity contribution in [1.29, 1.82) is 0 Å². The maximum absolute atomic E-state index is 12.3. The van der Waals surface area contributed by atoms with Crippen molar-refractivity contribution in [2.24, 2.45) is 5.41 Å². The SMILES string of the molecule is CC(C)(C)C(=O)NCc1ccc(C(=O)NC2(C(=O)O)CCOC2)cc1. The van der Waals surface area contributed by atoms with Crippen LogP contribution in [-0.4, -0.2) is 41.6 Å². The molecule has 1 aromatic rings. The van der Waals surface area contributed by atoms with E-state index in [4.69, 9.17) is 4.74 Å². The summed E-state index contributed by atoms with van der Waals surface area (Å²) in [6.45, 7) is 6.14. The molecule has 1 aliphatic heterocycles. The lowest BCUT2D eigenvalue weighted by Gasteiger charge is -2.23. The van der Waals surface area contributed by atoms with Gasteiger partial charge in [-0.2, -0.15) is 0 Å². The molecule has 1 atom stereocenters. The molecule has 2 rings (SSSR count). The zero-order chi connectivity index (χ0) is 18.7. The van der Waals surface area contributed by atoms with Gasteiger partial charge in [0.05, 0.1) is 6.61 Å². The standard InChI is InChI=1S/C18H24N2O5/c1-17(2,3)15(22)19-10-12-4-6-13(7-5-12)14(21)20-18(16(23)24)8-9-25-11-18/h4-7H,8-11H2,1-3H3,(H,19,22)(H,20,21)(H,23,24). The molecule has 136 valence electrons. The lowest BCUT2D eigenvalue weighted by Crippen LogP contribution is -2.55. The predicted octanol–water partition coefficient (Wildman–Crippen LogP) is 1.32. The van der Waals surface area contributed by atoms with E-state index < -0.39 is 22.8 Å². The summed E-state index contributed by atoms with van der Waals surface area (Å²) < 4.78 is 5.12. The van der Waals surface area contributed by atoms with Crippen LogP contribution < -0.4 is 10.6 Å². The number of rotatable bonds is 5. The molecule has 2 amide bonds. The summed E-state index contributed by atoms with van der Waals surface area (Å²) in [6.07, 6.45) is 0.241. The third-order valence-electron chi connectivity index (χ3n) is 4.13. The molecule has 0 aromatic heterocycles. The van der Waals surface area contributed by atoms with Crippen molar-refractivity contribution in [3.8, 4) is 0 Å².